The van der Waals surface area contributed by atoms with Crippen LogP contribution in [0.3, 0.4) is 0 Å². The fraction of sp³-hybridized carbons (Fsp3) is 0.571. The number of fused-ring (bicyclic) bond motifs is 2. The number of ether oxygens (including phenoxy) is 1. The van der Waals surface area contributed by atoms with Crippen molar-refractivity contribution in [3.8, 4) is 5.75 Å². The molecule has 98 valence electrons. The molecule has 0 aromatic heterocycles. The Balaban J connectivity index is 1.99. The van der Waals surface area contributed by atoms with E-state index >= 15 is 0 Å². The standard InChI is InChI=1S/C14H15F3O/c1-18-10-4-5-11-9(7-10)3-2-6-13(11)8-12(13)14(15,16)17/h4-5,7,12H,2-3,6,8H2,1H3/t12-,13+/m1/s1. The number of benzene rings is 1. The van der Waals surface area contributed by atoms with Crippen molar-refractivity contribution >= 4 is 0 Å². The van der Waals surface area contributed by atoms with Gasteiger partial charge < -0.3 is 4.74 Å². The molecule has 0 saturated heterocycles. The van der Waals surface area contributed by atoms with Crippen molar-refractivity contribution < 1.29 is 17.9 Å². The number of hydrogen-bond donors (Lipinski definition) is 0. The summed E-state index contributed by atoms with van der Waals surface area (Å²) < 4.78 is 43.8. The second kappa shape index (κ2) is 3.65. The molecule has 4 heteroatoms. The fourth-order valence-electron chi connectivity index (χ4n) is 3.43. The van der Waals surface area contributed by atoms with Gasteiger partial charge in [0.2, 0.25) is 0 Å². The third-order valence-corrected chi connectivity index (χ3v) is 4.39. The van der Waals surface area contributed by atoms with Gasteiger partial charge in [0.15, 0.2) is 0 Å². The van der Waals surface area contributed by atoms with Gasteiger partial charge in [-0.2, -0.15) is 13.2 Å². The SMILES string of the molecule is COc1ccc2c(c1)CCC[C@]21C[C@H]1C(F)(F)F. The van der Waals surface area contributed by atoms with Crippen LogP contribution in [0.4, 0.5) is 13.2 Å². The van der Waals surface area contributed by atoms with Crippen molar-refractivity contribution in [3.05, 3.63) is 29.3 Å². The van der Waals surface area contributed by atoms with E-state index in [0.29, 0.717) is 6.42 Å². The molecule has 2 atom stereocenters. The molecule has 2 aliphatic rings. The molecule has 3 rings (SSSR count). The van der Waals surface area contributed by atoms with Gasteiger partial charge in [0.1, 0.15) is 5.75 Å². The largest absolute Gasteiger partial charge is 0.497 e. The topological polar surface area (TPSA) is 9.23 Å². The molecular formula is C14H15F3O. The van der Waals surface area contributed by atoms with Gasteiger partial charge in [-0.25, -0.2) is 0 Å². The number of halogens is 3. The average molecular weight is 256 g/mol. The molecule has 1 spiro atoms. The van der Waals surface area contributed by atoms with Crippen molar-refractivity contribution in [2.24, 2.45) is 5.92 Å². The van der Waals surface area contributed by atoms with Gasteiger partial charge in [0.25, 0.3) is 0 Å². The van der Waals surface area contributed by atoms with Crippen molar-refractivity contribution in [1.29, 1.82) is 0 Å². The van der Waals surface area contributed by atoms with Crippen LogP contribution in [0.15, 0.2) is 18.2 Å². The highest BCUT2D eigenvalue weighted by atomic mass is 19.4. The lowest BCUT2D eigenvalue weighted by molar-refractivity contribution is -0.153. The predicted octanol–water partition coefficient (Wildman–Crippen LogP) is 3.85. The van der Waals surface area contributed by atoms with Gasteiger partial charge in [0, 0.05) is 5.41 Å². The number of aryl methyl sites for hydroxylation is 1. The first-order valence-electron chi connectivity index (χ1n) is 6.21. The van der Waals surface area contributed by atoms with Gasteiger partial charge >= 0.3 is 6.18 Å². The molecular weight excluding hydrogens is 241 g/mol. The average Bonchev–Trinajstić information content (AvgIpc) is 3.04. The molecule has 1 nitrogen and oxygen atoms in total. The summed E-state index contributed by atoms with van der Waals surface area (Å²) in [4.78, 5) is 0. The summed E-state index contributed by atoms with van der Waals surface area (Å²) in [5.74, 6) is -0.410. The maximum absolute atomic E-state index is 12.9. The fourth-order valence-corrected chi connectivity index (χ4v) is 3.43. The van der Waals surface area contributed by atoms with Gasteiger partial charge in [-0.15, -0.1) is 0 Å². The number of hydrogen-bond acceptors (Lipinski definition) is 1. The van der Waals surface area contributed by atoms with E-state index in [1.807, 2.05) is 12.1 Å². The monoisotopic (exact) mass is 256 g/mol. The van der Waals surface area contributed by atoms with Crippen LogP contribution in [0.2, 0.25) is 0 Å². The Labute approximate surface area is 104 Å². The first-order chi connectivity index (χ1) is 8.47. The van der Waals surface area contributed by atoms with Crippen molar-refractivity contribution in [2.45, 2.75) is 37.3 Å². The molecule has 1 aromatic rings. The van der Waals surface area contributed by atoms with Crippen LogP contribution in [0.5, 0.6) is 5.75 Å². The summed E-state index contributed by atoms with van der Waals surface area (Å²) in [7, 11) is 1.58. The third-order valence-electron chi connectivity index (χ3n) is 4.39. The van der Waals surface area contributed by atoms with Crippen LogP contribution < -0.4 is 4.74 Å². The number of methoxy groups -OCH3 is 1. The van der Waals surface area contributed by atoms with E-state index < -0.39 is 17.5 Å². The number of rotatable bonds is 1. The molecule has 2 aliphatic carbocycles. The molecule has 0 N–H and O–H groups in total. The van der Waals surface area contributed by atoms with Crippen molar-refractivity contribution in [2.75, 3.05) is 7.11 Å². The molecule has 1 fully saturated rings. The highest BCUT2D eigenvalue weighted by Crippen LogP contribution is 2.65. The van der Waals surface area contributed by atoms with E-state index in [-0.39, 0.29) is 6.42 Å². The molecule has 0 amide bonds. The maximum atomic E-state index is 12.9. The van der Waals surface area contributed by atoms with Crippen LogP contribution in [0.1, 0.15) is 30.4 Å². The number of alkyl halides is 3. The lowest BCUT2D eigenvalue weighted by Gasteiger charge is -2.27. The summed E-state index contributed by atoms with van der Waals surface area (Å²) in [5, 5.41) is 0. The summed E-state index contributed by atoms with van der Waals surface area (Å²) in [6.45, 7) is 0. The van der Waals surface area contributed by atoms with Gasteiger partial charge in [-0.05, 0) is 48.9 Å². The Morgan fingerprint density at radius 3 is 2.72 bits per heavy atom. The van der Waals surface area contributed by atoms with Gasteiger partial charge in [-0.1, -0.05) is 6.07 Å². The molecule has 0 aliphatic heterocycles. The quantitative estimate of drug-likeness (QED) is 0.741. The van der Waals surface area contributed by atoms with Crippen molar-refractivity contribution in [3.63, 3.8) is 0 Å². The Morgan fingerprint density at radius 2 is 2.11 bits per heavy atom. The Hall–Kier alpha value is -1.19. The first kappa shape index (κ1) is 11.9. The summed E-state index contributed by atoms with van der Waals surface area (Å²) >= 11 is 0. The smallest absolute Gasteiger partial charge is 0.392 e. The summed E-state index contributed by atoms with van der Waals surface area (Å²) in [5.41, 5.74) is 1.31. The van der Waals surface area contributed by atoms with Gasteiger partial charge in [0.05, 0.1) is 13.0 Å². The summed E-state index contributed by atoms with van der Waals surface area (Å²) in [6, 6.07) is 5.50. The normalized spacial score (nSPS) is 30.1. The molecule has 18 heavy (non-hydrogen) atoms. The molecule has 0 heterocycles. The molecule has 1 saturated carbocycles. The van der Waals surface area contributed by atoms with Crippen LogP contribution in [0, 0.1) is 5.92 Å². The van der Waals surface area contributed by atoms with E-state index in [4.69, 9.17) is 4.74 Å². The van der Waals surface area contributed by atoms with E-state index in [9.17, 15) is 13.2 Å². The third kappa shape index (κ3) is 1.62. The zero-order chi connectivity index (χ0) is 13.0. The van der Waals surface area contributed by atoms with Crippen molar-refractivity contribution in [1.82, 2.24) is 0 Å². The highest BCUT2D eigenvalue weighted by Gasteiger charge is 2.67. The van der Waals surface area contributed by atoms with E-state index in [0.717, 1.165) is 29.7 Å². The zero-order valence-corrected chi connectivity index (χ0v) is 10.2. The first-order valence-corrected chi connectivity index (χ1v) is 6.21. The van der Waals surface area contributed by atoms with E-state index in [1.54, 1.807) is 13.2 Å². The van der Waals surface area contributed by atoms with Crippen LogP contribution in [-0.2, 0) is 11.8 Å². The maximum Gasteiger partial charge on any atom is 0.392 e. The summed E-state index contributed by atoms with van der Waals surface area (Å²) in [6.07, 6.45) is -1.44. The Morgan fingerprint density at radius 1 is 1.33 bits per heavy atom. The minimum absolute atomic E-state index is 0.260. The van der Waals surface area contributed by atoms with E-state index in [2.05, 4.69) is 0 Å². The molecule has 1 aromatic carbocycles. The minimum Gasteiger partial charge on any atom is -0.497 e. The van der Waals surface area contributed by atoms with Crippen LogP contribution in [-0.4, -0.2) is 13.3 Å². The van der Waals surface area contributed by atoms with E-state index in [1.165, 1.54) is 0 Å². The van der Waals surface area contributed by atoms with Crippen LogP contribution in [0.25, 0.3) is 0 Å². The predicted molar refractivity (Wildman–Crippen MR) is 61.8 cm³/mol. The van der Waals surface area contributed by atoms with Crippen LogP contribution >= 0.6 is 0 Å². The molecule has 0 radical (unpaired) electrons. The molecule has 0 unspecified atom stereocenters. The highest BCUT2D eigenvalue weighted by molar-refractivity contribution is 5.46. The second-order valence-electron chi connectivity index (χ2n) is 5.33. The lowest BCUT2D eigenvalue weighted by atomic mass is 9.78. The minimum atomic E-state index is -4.06. The molecule has 0 bridgehead atoms. The zero-order valence-electron chi connectivity index (χ0n) is 10.2. The van der Waals surface area contributed by atoms with Gasteiger partial charge in [-0.3, -0.25) is 0 Å². The Bertz CT molecular complexity index is 480. The lowest BCUT2D eigenvalue weighted by Crippen LogP contribution is -2.24. The Kier molecular flexibility index (Phi) is 2.41. The second-order valence-corrected chi connectivity index (χ2v) is 5.33.